The molecule has 1 aromatic carbocycles. The summed E-state index contributed by atoms with van der Waals surface area (Å²) in [5.41, 5.74) is 3.74. The predicted molar refractivity (Wildman–Crippen MR) is 169 cm³/mol. The molecule has 0 bridgehead atoms. The largest absolute Gasteiger partial charge is 0.464 e. The monoisotopic (exact) mass is 587 g/mol. The number of pyridine rings is 1. The van der Waals surface area contributed by atoms with Gasteiger partial charge in [-0.15, -0.1) is 0 Å². The molecule has 2 aromatic heterocycles. The maximum absolute atomic E-state index is 13.5. The Hall–Kier alpha value is -4.01. The molecule has 2 aliphatic rings. The van der Waals surface area contributed by atoms with E-state index in [1.165, 1.54) is 24.8 Å². The van der Waals surface area contributed by atoms with Crippen LogP contribution in [0.5, 0.6) is 0 Å². The van der Waals surface area contributed by atoms with Crippen molar-refractivity contribution in [3.63, 3.8) is 0 Å². The van der Waals surface area contributed by atoms with Crippen molar-refractivity contribution >= 4 is 23.5 Å². The summed E-state index contributed by atoms with van der Waals surface area (Å²) in [5, 5.41) is 3.27. The van der Waals surface area contributed by atoms with Gasteiger partial charge in [0.25, 0.3) is 0 Å². The fraction of sp³-hybridized carbons (Fsp3) is 0.500. The number of aromatic nitrogens is 1. The molecule has 2 aliphatic heterocycles. The summed E-state index contributed by atoms with van der Waals surface area (Å²) < 4.78 is 11.6. The van der Waals surface area contributed by atoms with Gasteiger partial charge in [0.15, 0.2) is 0 Å². The van der Waals surface area contributed by atoms with Gasteiger partial charge < -0.3 is 29.2 Å². The summed E-state index contributed by atoms with van der Waals surface area (Å²) in [6.07, 6.45) is 5.30. The molecule has 0 aliphatic carbocycles. The Labute approximate surface area is 255 Å². The van der Waals surface area contributed by atoms with Crippen LogP contribution in [0.3, 0.4) is 0 Å². The smallest absolute Gasteiger partial charge is 0.410 e. The lowest BCUT2D eigenvalue weighted by Gasteiger charge is -2.36. The van der Waals surface area contributed by atoms with Gasteiger partial charge in [-0.05, 0) is 89.3 Å². The maximum Gasteiger partial charge on any atom is 0.410 e. The lowest BCUT2D eigenvalue weighted by molar-refractivity contribution is -0.121. The van der Waals surface area contributed by atoms with Crippen molar-refractivity contribution in [3.8, 4) is 0 Å². The molecule has 230 valence electrons. The zero-order valence-corrected chi connectivity index (χ0v) is 26.2. The SMILES string of the molecule is Cc1ccc(C(NC(=O)Cc2ccc(N3CCN(C(=O)OC(C)(C)C)CC3)nc2)c2ccc(C)o2)c(N2CCCCC2)c1. The lowest BCUT2D eigenvalue weighted by Crippen LogP contribution is -2.50. The minimum Gasteiger partial charge on any atom is -0.464 e. The van der Waals surface area contributed by atoms with Gasteiger partial charge in [-0.1, -0.05) is 18.2 Å². The van der Waals surface area contributed by atoms with Crippen LogP contribution < -0.4 is 15.1 Å². The number of piperidine rings is 1. The molecule has 2 fully saturated rings. The number of amides is 2. The standard InChI is InChI=1S/C34H45N5O4/c1-24-9-12-27(28(21-24)37-15-7-6-8-16-37)32(29-13-10-25(2)42-29)36-31(40)22-26-11-14-30(35-23-26)38-17-19-39(20-18-38)33(41)43-34(3,4)5/h9-14,21,23,32H,6-8,15-20,22H2,1-5H3,(H,36,40). The van der Waals surface area contributed by atoms with E-state index in [0.717, 1.165) is 47.2 Å². The first-order valence-corrected chi connectivity index (χ1v) is 15.4. The van der Waals surface area contributed by atoms with Gasteiger partial charge in [0.05, 0.1) is 6.42 Å². The molecule has 9 heteroatoms. The molecule has 0 spiro atoms. The van der Waals surface area contributed by atoms with E-state index in [-0.39, 0.29) is 18.4 Å². The Morgan fingerprint density at radius 2 is 1.67 bits per heavy atom. The highest BCUT2D eigenvalue weighted by molar-refractivity contribution is 5.80. The van der Waals surface area contributed by atoms with Crippen molar-refractivity contribution in [2.24, 2.45) is 0 Å². The summed E-state index contributed by atoms with van der Waals surface area (Å²) in [6, 6.07) is 13.9. The van der Waals surface area contributed by atoms with E-state index in [4.69, 9.17) is 9.15 Å². The molecule has 43 heavy (non-hydrogen) atoms. The highest BCUT2D eigenvalue weighted by atomic mass is 16.6. The molecule has 0 saturated carbocycles. The van der Waals surface area contributed by atoms with E-state index < -0.39 is 11.6 Å². The first-order valence-electron chi connectivity index (χ1n) is 15.4. The van der Waals surface area contributed by atoms with Crippen molar-refractivity contribution in [2.75, 3.05) is 49.1 Å². The van der Waals surface area contributed by atoms with E-state index in [0.29, 0.717) is 26.2 Å². The minimum atomic E-state index is -0.509. The number of hydrogen-bond donors (Lipinski definition) is 1. The number of carbonyl (C=O) groups is 2. The summed E-state index contributed by atoms with van der Waals surface area (Å²) in [5.74, 6) is 2.28. The second-order valence-electron chi connectivity index (χ2n) is 12.7. The average molecular weight is 588 g/mol. The van der Waals surface area contributed by atoms with Gasteiger partial charge in [-0.2, -0.15) is 0 Å². The third-order valence-corrected chi connectivity index (χ3v) is 7.97. The number of anilines is 2. The summed E-state index contributed by atoms with van der Waals surface area (Å²) in [7, 11) is 0. The summed E-state index contributed by atoms with van der Waals surface area (Å²) in [6.45, 7) is 14.2. The Bertz CT molecular complexity index is 1400. The molecule has 2 amide bonds. The molecule has 2 saturated heterocycles. The number of hydrogen-bond acceptors (Lipinski definition) is 7. The second kappa shape index (κ2) is 13.1. The van der Waals surface area contributed by atoms with Crippen LogP contribution in [0.1, 0.15) is 74.3 Å². The molecule has 3 aromatic rings. The predicted octanol–water partition coefficient (Wildman–Crippen LogP) is 5.79. The highest BCUT2D eigenvalue weighted by Crippen LogP contribution is 2.34. The number of ether oxygens (including phenoxy) is 1. The number of nitrogens with zero attached hydrogens (tertiary/aromatic N) is 4. The molecular weight excluding hydrogens is 542 g/mol. The van der Waals surface area contributed by atoms with Gasteiger partial charge in [-0.3, -0.25) is 4.79 Å². The van der Waals surface area contributed by atoms with Gasteiger partial charge >= 0.3 is 6.09 Å². The average Bonchev–Trinajstić information content (AvgIpc) is 3.42. The van der Waals surface area contributed by atoms with E-state index in [2.05, 4.69) is 45.2 Å². The number of aryl methyl sites for hydroxylation is 2. The molecule has 9 nitrogen and oxygen atoms in total. The molecule has 5 rings (SSSR count). The number of piperazine rings is 1. The Morgan fingerprint density at radius 3 is 2.30 bits per heavy atom. The first kappa shape index (κ1) is 30.4. The van der Waals surface area contributed by atoms with E-state index >= 15 is 0 Å². The van der Waals surface area contributed by atoms with Gasteiger partial charge in [0.1, 0.15) is 29.0 Å². The van der Waals surface area contributed by atoms with Crippen molar-refractivity contribution in [2.45, 2.75) is 71.9 Å². The molecule has 1 unspecified atom stereocenters. The number of carbonyl (C=O) groups excluding carboxylic acids is 2. The third-order valence-electron chi connectivity index (χ3n) is 7.97. The van der Waals surface area contributed by atoms with Crippen molar-refractivity contribution in [1.29, 1.82) is 0 Å². The lowest BCUT2D eigenvalue weighted by atomic mass is 9.97. The van der Waals surface area contributed by atoms with Crippen LogP contribution in [0.15, 0.2) is 53.1 Å². The van der Waals surface area contributed by atoms with Crippen LogP contribution in [0, 0.1) is 13.8 Å². The van der Waals surface area contributed by atoms with Crippen LogP contribution >= 0.6 is 0 Å². The van der Waals surface area contributed by atoms with Gasteiger partial charge in [-0.25, -0.2) is 9.78 Å². The second-order valence-corrected chi connectivity index (χ2v) is 12.7. The molecule has 0 radical (unpaired) electrons. The van der Waals surface area contributed by atoms with E-state index in [1.807, 2.05) is 52.0 Å². The molecular formula is C34H45N5O4. The van der Waals surface area contributed by atoms with Crippen LogP contribution in [-0.4, -0.2) is 66.8 Å². The molecule has 1 N–H and O–H groups in total. The molecule has 4 heterocycles. The van der Waals surface area contributed by atoms with E-state index in [1.54, 1.807) is 11.1 Å². The van der Waals surface area contributed by atoms with Crippen molar-refractivity contribution in [1.82, 2.24) is 15.2 Å². The Kier molecular flexibility index (Phi) is 9.28. The Morgan fingerprint density at radius 1 is 0.930 bits per heavy atom. The van der Waals surface area contributed by atoms with Gasteiger partial charge in [0.2, 0.25) is 5.91 Å². The quantitative estimate of drug-likeness (QED) is 0.374. The van der Waals surface area contributed by atoms with Crippen molar-refractivity contribution < 1.29 is 18.7 Å². The van der Waals surface area contributed by atoms with Crippen LogP contribution in [-0.2, 0) is 16.0 Å². The number of rotatable bonds is 7. The van der Waals surface area contributed by atoms with Gasteiger partial charge in [0, 0.05) is 56.7 Å². The fourth-order valence-corrected chi connectivity index (χ4v) is 5.77. The fourth-order valence-electron chi connectivity index (χ4n) is 5.77. The van der Waals surface area contributed by atoms with E-state index in [9.17, 15) is 9.59 Å². The third kappa shape index (κ3) is 7.89. The molecule has 1 atom stereocenters. The first-order chi connectivity index (χ1) is 20.6. The number of furan rings is 1. The Balaban J connectivity index is 1.25. The van der Waals surface area contributed by atoms with Crippen LogP contribution in [0.25, 0.3) is 0 Å². The number of benzene rings is 1. The van der Waals surface area contributed by atoms with Crippen molar-refractivity contribution in [3.05, 3.63) is 76.9 Å². The highest BCUT2D eigenvalue weighted by Gasteiger charge is 2.28. The summed E-state index contributed by atoms with van der Waals surface area (Å²) >= 11 is 0. The van der Waals surface area contributed by atoms with Crippen LogP contribution in [0.2, 0.25) is 0 Å². The maximum atomic E-state index is 13.5. The zero-order valence-electron chi connectivity index (χ0n) is 26.2. The minimum absolute atomic E-state index is 0.0928. The van der Waals surface area contributed by atoms with Crippen LogP contribution in [0.4, 0.5) is 16.3 Å². The normalized spacial score (nSPS) is 16.6. The summed E-state index contributed by atoms with van der Waals surface area (Å²) in [4.78, 5) is 36.8. The number of nitrogens with one attached hydrogen (secondary N) is 1. The zero-order chi connectivity index (χ0) is 30.6. The topological polar surface area (TPSA) is 91.2 Å².